The minimum absolute atomic E-state index is 0.155. The summed E-state index contributed by atoms with van der Waals surface area (Å²) in [6.45, 7) is 10.8. The van der Waals surface area contributed by atoms with E-state index in [0.717, 1.165) is 31.5 Å². The van der Waals surface area contributed by atoms with Crippen LogP contribution in [-0.4, -0.2) is 42.5 Å². The molecule has 3 heteroatoms. The van der Waals surface area contributed by atoms with Crippen LogP contribution in [0.25, 0.3) is 0 Å². The zero-order valence-corrected chi connectivity index (χ0v) is 12.9. The number of benzene rings is 1. The fraction of sp³-hybridized carbons (Fsp3) is 0.588. The second-order valence-corrected chi connectivity index (χ2v) is 6.76. The van der Waals surface area contributed by atoms with Gasteiger partial charge in [0.05, 0.1) is 17.1 Å². The first-order valence-corrected chi connectivity index (χ1v) is 7.27. The Morgan fingerprint density at radius 3 is 2.60 bits per heavy atom. The van der Waals surface area contributed by atoms with Crippen molar-refractivity contribution >= 4 is 6.29 Å². The number of ether oxygens (including phenoxy) is 1. The molecule has 1 heterocycles. The van der Waals surface area contributed by atoms with Crippen LogP contribution in [0.5, 0.6) is 0 Å². The van der Waals surface area contributed by atoms with Crippen molar-refractivity contribution in [3.8, 4) is 0 Å². The van der Waals surface area contributed by atoms with Gasteiger partial charge in [0.15, 0.2) is 0 Å². The van der Waals surface area contributed by atoms with E-state index in [1.54, 1.807) is 0 Å². The molecule has 20 heavy (non-hydrogen) atoms. The van der Waals surface area contributed by atoms with E-state index in [1.165, 1.54) is 0 Å². The quantitative estimate of drug-likeness (QED) is 0.791. The molecule has 0 spiro atoms. The number of morpholine rings is 1. The highest BCUT2D eigenvalue weighted by molar-refractivity contribution is 5.68. The summed E-state index contributed by atoms with van der Waals surface area (Å²) < 4.78 is 5.93. The Hall–Kier alpha value is -1.19. The third-order valence-electron chi connectivity index (χ3n) is 3.89. The molecule has 1 aliphatic rings. The number of carbonyl (C=O) groups is 1. The van der Waals surface area contributed by atoms with Gasteiger partial charge in [0, 0.05) is 19.6 Å². The van der Waals surface area contributed by atoms with Gasteiger partial charge in [-0.15, -0.1) is 0 Å². The molecule has 1 aromatic rings. The third-order valence-corrected chi connectivity index (χ3v) is 3.89. The Kier molecular flexibility index (Phi) is 4.31. The Morgan fingerprint density at radius 2 is 2.05 bits per heavy atom. The van der Waals surface area contributed by atoms with Gasteiger partial charge in [0.1, 0.15) is 6.29 Å². The maximum atomic E-state index is 11.7. The zero-order valence-electron chi connectivity index (χ0n) is 12.9. The van der Waals surface area contributed by atoms with Gasteiger partial charge in [0.25, 0.3) is 0 Å². The van der Waals surface area contributed by atoms with Gasteiger partial charge < -0.3 is 9.53 Å². The van der Waals surface area contributed by atoms with Gasteiger partial charge in [-0.1, -0.05) is 30.3 Å². The summed E-state index contributed by atoms with van der Waals surface area (Å²) in [5, 5.41) is 0. The molecule has 2 unspecified atom stereocenters. The Morgan fingerprint density at radius 1 is 1.40 bits per heavy atom. The maximum Gasteiger partial charge on any atom is 0.131 e. The molecule has 0 aromatic heterocycles. The van der Waals surface area contributed by atoms with Crippen molar-refractivity contribution in [2.24, 2.45) is 0 Å². The monoisotopic (exact) mass is 275 g/mol. The third kappa shape index (κ3) is 3.47. The molecule has 3 nitrogen and oxygen atoms in total. The van der Waals surface area contributed by atoms with Crippen LogP contribution in [0.2, 0.25) is 0 Å². The molecule has 0 radical (unpaired) electrons. The van der Waals surface area contributed by atoms with Gasteiger partial charge in [-0.3, -0.25) is 4.90 Å². The second-order valence-electron chi connectivity index (χ2n) is 6.76. The van der Waals surface area contributed by atoms with Gasteiger partial charge in [-0.05, 0) is 33.3 Å². The van der Waals surface area contributed by atoms with Crippen LogP contribution >= 0.6 is 0 Å². The number of carbonyl (C=O) groups excluding carboxylic acids is 1. The van der Waals surface area contributed by atoms with Crippen molar-refractivity contribution in [2.75, 3.05) is 19.6 Å². The van der Waals surface area contributed by atoms with Crippen LogP contribution < -0.4 is 0 Å². The molecular formula is C17H25NO2. The van der Waals surface area contributed by atoms with Crippen LogP contribution in [0.1, 0.15) is 33.3 Å². The van der Waals surface area contributed by atoms with Crippen molar-refractivity contribution in [1.82, 2.24) is 4.90 Å². The molecule has 0 amide bonds. The molecule has 2 rings (SSSR count). The summed E-state index contributed by atoms with van der Waals surface area (Å²) in [5.74, 6) is 0. The number of nitrogens with zero attached hydrogens (tertiary/aromatic N) is 1. The lowest BCUT2D eigenvalue weighted by molar-refractivity contribution is -0.134. The first kappa shape index (κ1) is 15.2. The largest absolute Gasteiger partial charge is 0.370 e. The van der Waals surface area contributed by atoms with Gasteiger partial charge in [-0.2, -0.15) is 0 Å². The van der Waals surface area contributed by atoms with Crippen LogP contribution in [0, 0.1) is 0 Å². The summed E-state index contributed by atoms with van der Waals surface area (Å²) in [6.07, 6.45) is 1.28. The van der Waals surface area contributed by atoms with Crippen molar-refractivity contribution in [2.45, 2.75) is 44.8 Å². The standard InChI is InChI=1S/C17H25NO2/c1-14-10-18(11-16(2,3)20-14)12-17(4,13-19)15-8-6-5-7-9-15/h5-9,13-14H,10-12H2,1-4H3. The molecular weight excluding hydrogens is 250 g/mol. The van der Waals surface area contributed by atoms with E-state index < -0.39 is 5.41 Å². The number of hydrogen-bond donors (Lipinski definition) is 0. The summed E-state index contributed by atoms with van der Waals surface area (Å²) in [4.78, 5) is 14.0. The van der Waals surface area contributed by atoms with Crippen molar-refractivity contribution in [3.63, 3.8) is 0 Å². The van der Waals surface area contributed by atoms with Crippen LogP contribution in [-0.2, 0) is 14.9 Å². The fourth-order valence-electron chi connectivity index (χ4n) is 3.19. The summed E-state index contributed by atoms with van der Waals surface area (Å²) in [7, 11) is 0. The van der Waals surface area contributed by atoms with E-state index >= 15 is 0 Å². The molecule has 0 bridgehead atoms. The molecule has 0 N–H and O–H groups in total. The smallest absolute Gasteiger partial charge is 0.131 e. The molecule has 2 atom stereocenters. The van der Waals surface area contributed by atoms with Crippen LogP contribution in [0.15, 0.2) is 30.3 Å². The molecule has 1 fully saturated rings. The Balaban J connectivity index is 2.16. The number of hydrogen-bond acceptors (Lipinski definition) is 3. The van der Waals surface area contributed by atoms with Gasteiger partial charge in [0.2, 0.25) is 0 Å². The average molecular weight is 275 g/mol. The van der Waals surface area contributed by atoms with Crippen molar-refractivity contribution < 1.29 is 9.53 Å². The molecule has 1 saturated heterocycles. The first-order chi connectivity index (χ1) is 9.35. The molecule has 1 aromatic carbocycles. The van der Waals surface area contributed by atoms with Crippen molar-refractivity contribution in [1.29, 1.82) is 0 Å². The highest BCUT2D eigenvalue weighted by Gasteiger charge is 2.36. The lowest BCUT2D eigenvalue weighted by Gasteiger charge is -2.44. The van der Waals surface area contributed by atoms with Crippen molar-refractivity contribution in [3.05, 3.63) is 35.9 Å². The predicted octanol–water partition coefficient (Wildman–Crippen LogP) is 2.64. The normalized spacial score (nSPS) is 25.9. The lowest BCUT2D eigenvalue weighted by atomic mass is 9.83. The maximum absolute atomic E-state index is 11.7. The Labute approximate surface area is 121 Å². The van der Waals surface area contributed by atoms with E-state index in [9.17, 15) is 4.79 Å². The lowest BCUT2D eigenvalue weighted by Crippen LogP contribution is -2.55. The molecule has 110 valence electrons. The van der Waals surface area contributed by atoms with E-state index in [0.29, 0.717) is 0 Å². The van der Waals surface area contributed by atoms with Crippen LogP contribution in [0.4, 0.5) is 0 Å². The molecule has 0 aliphatic carbocycles. The highest BCUT2D eigenvalue weighted by Crippen LogP contribution is 2.27. The highest BCUT2D eigenvalue weighted by atomic mass is 16.5. The topological polar surface area (TPSA) is 29.5 Å². The van der Waals surface area contributed by atoms with Gasteiger partial charge in [-0.25, -0.2) is 0 Å². The average Bonchev–Trinajstić information content (AvgIpc) is 2.37. The number of aldehydes is 1. The van der Waals surface area contributed by atoms with E-state index in [2.05, 4.69) is 25.7 Å². The van der Waals surface area contributed by atoms with Crippen LogP contribution in [0.3, 0.4) is 0 Å². The zero-order chi connectivity index (χ0) is 14.8. The summed E-state index contributed by atoms with van der Waals surface area (Å²) >= 11 is 0. The Bertz CT molecular complexity index is 457. The minimum Gasteiger partial charge on any atom is -0.370 e. The van der Waals surface area contributed by atoms with E-state index in [1.807, 2.05) is 37.3 Å². The minimum atomic E-state index is -0.464. The SMILES string of the molecule is CC1CN(CC(C)(C=O)c2ccccc2)CC(C)(C)O1. The van der Waals surface area contributed by atoms with E-state index in [-0.39, 0.29) is 11.7 Å². The molecule has 1 aliphatic heterocycles. The molecule has 0 saturated carbocycles. The summed E-state index contributed by atoms with van der Waals surface area (Å²) in [6, 6.07) is 10.0. The first-order valence-electron chi connectivity index (χ1n) is 7.27. The predicted molar refractivity (Wildman–Crippen MR) is 80.9 cm³/mol. The summed E-state index contributed by atoms with van der Waals surface area (Å²) in [5.41, 5.74) is 0.457. The van der Waals surface area contributed by atoms with Gasteiger partial charge >= 0.3 is 0 Å². The second kappa shape index (κ2) is 5.66. The number of rotatable bonds is 4. The van der Waals surface area contributed by atoms with E-state index in [4.69, 9.17) is 4.74 Å². The fourth-order valence-corrected chi connectivity index (χ4v) is 3.19.